The van der Waals surface area contributed by atoms with Gasteiger partial charge in [-0.3, -0.25) is 4.98 Å². The highest BCUT2D eigenvalue weighted by molar-refractivity contribution is 5.90. The van der Waals surface area contributed by atoms with E-state index < -0.39 is 11.9 Å². The van der Waals surface area contributed by atoms with Crippen LogP contribution >= 0.6 is 0 Å². The van der Waals surface area contributed by atoms with Crippen molar-refractivity contribution in [2.24, 2.45) is 0 Å². The van der Waals surface area contributed by atoms with Crippen LogP contribution < -0.4 is 0 Å². The van der Waals surface area contributed by atoms with Crippen molar-refractivity contribution in [2.75, 3.05) is 0 Å². The molecule has 5 nitrogen and oxygen atoms in total. The molecule has 0 aliphatic heterocycles. The van der Waals surface area contributed by atoms with E-state index in [9.17, 15) is 19.8 Å². The highest BCUT2D eigenvalue weighted by Crippen LogP contribution is 2.34. The molecule has 5 aromatic rings. The Bertz CT molecular complexity index is 1480. The van der Waals surface area contributed by atoms with E-state index in [1.165, 1.54) is 0 Å². The molecule has 1 heterocycles. The maximum absolute atomic E-state index is 11.3. The van der Waals surface area contributed by atoms with E-state index in [2.05, 4.69) is 23.2 Å². The molecule has 0 radical (unpaired) electrons. The summed E-state index contributed by atoms with van der Waals surface area (Å²) in [6, 6.07) is 33.7. The lowest BCUT2D eigenvalue weighted by atomic mass is 9.92. The Morgan fingerprint density at radius 1 is 0.472 bits per heavy atom. The van der Waals surface area contributed by atoms with Crippen molar-refractivity contribution in [3.8, 4) is 44.6 Å². The van der Waals surface area contributed by atoms with Gasteiger partial charge in [-0.25, -0.2) is 9.59 Å². The van der Waals surface area contributed by atoms with Gasteiger partial charge in [0.15, 0.2) is 0 Å². The molecule has 0 spiro atoms. The molecule has 0 aliphatic carbocycles. The molecule has 0 unspecified atom stereocenters. The van der Waals surface area contributed by atoms with Crippen LogP contribution in [-0.4, -0.2) is 27.1 Å². The Labute approximate surface area is 208 Å². The Morgan fingerprint density at radius 3 is 1.42 bits per heavy atom. The van der Waals surface area contributed by atoms with Crippen molar-refractivity contribution in [1.29, 1.82) is 0 Å². The van der Waals surface area contributed by atoms with E-state index in [1.807, 2.05) is 42.5 Å². The molecule has 174 valence electrons. The van der Waals surface area contributed by atoms with Gasteiger partial charge in [-0.15, -0.1) is 0 Å². The maximum Gasteiger partial charge on any atom is 0.335 e. The summed E-state index contributed by atoms with van der Waals surface area (Å²) in [7, 11) is 0. The van der Waals surface area contributed by atoms with Crippen LogP contribution in [0.1, 0.15) is 20.7 Å². The van der Waals surface area contributed by atoms with Gasteiger partial charge in [0.05, 0.1) is 16.8 Å². The van der Waals surface area contributed by atoms with E-state index in [4.69, 9.17) is 0 Å². The van der Waals surface area contributed by atoms with Gasteiger partial charge in [-0.2, -0.15) is 0 Å². The molecule has 0 saturated carbocycles. The average Bonchev–Trinajstić information content (AvgIpc) is 2.93. The zero-order valence-corrected chi connectivity index (χ0v) is 19.1. The number of nitrogens with zero attached hydrogens (tertiary/aromatic N) is 1. The molecule has 0 fully saturated rings. The summed E-state index contributed by atoms with van der Waals surface area (Å²) in [4.78, 5) is 27.1. The SMILES string of the molecule is O=C(O)c1ccc(-c2cc(-c3ccc(C(=O)O)cc3)cc(-c3cccc(-c4ccccn4)c3)c2)cc1. The van der Waals surface area contributed by atoms with Crippen LogP contribution in [0.15, 0.2) is 115 Å². The fourth-order valence-corrected chi connectivity index (χ4v) is 4.13. The number of carbonyl (C=O) groups is 2. The molecule has 0 amide bonds. The molecule has 2 N–H and O–H groups in total. The largest absolute Gasteiger partial charge is 0.478 e. The molecule has 0 atom stereocenters. The summed E-state index contributed by atoms with van der Waals surface area (Å²) in [6.45, 7) is 0. The number of carboxylic acids is 2. The van der Waals surface area contributed by atoms with E-state index in [-0.39, 0.29) is 11.1 Å². The monoisotopic (exact) mass is 471 g/mol. The first-order chi connectivity index (χ1) is 17.5. The van der Waals surface area contributed by atoms with Crippen LogP contribution in [0, 0.1) is 0 Å². The second kappa shape index (κ2) is 9.68. The van der Waals surface area contributed by atoms with Crippen molar-refractivity contribution in [3.05, 3.63) is 127 Å². The van der Waals surface area contributed by atoms with Gasteiger partial charge in [0.1, 0.15) is 0 Å². The lowest BCUT2D eigenvalue weighted by Gasteiger charge is -2.13. The van der Waals surface area contributed by atoms with Crippen LogP contribution in [0.25, 0.3) is 44.6 Å². The Hall–Kier alpha value is -5.03. The maximum atomic E-state index is 11.3. The van der Waals surface area contributed by atoms with Crippen LogP contribution in [0.3, 0.4) is 0 Å². The molecule has 5 heteroatoms. The third kappa shape index (κ3) is 4.76. The summed E-state index contributed by atoms with van der Waals surface area (Å²) < 4.78 is 0. The van der Waals surface area contributed by atoms with Crippen molar-refractivity contribution in [1.82, 2.24) is 4.98 Å². The minimum atomic E-state index is -0.971. The standard InChI is InChI=1S/C31H21NO4/c33-30(34)22-11-7-20(8-12-22)26-17-27(21-9-13-23(14-10-21)31(35)36)19-28(18-26)24-4-3-5-25(16-24)29-6-1-2-15-32-29/h1-19H,(H,33,34)(H,35,36). The predicted molar refractivity (Wildman–Crippen MR) is 140 cm³/mol. The second-order valence-electron chi connectivity index (χ2n) is 8.36. The van der Waals surface area contributed by atoms with E-state index in [0.29, 0.717) is 0 Å². The van der Waals surface area contributed by atoms with Crippen molar-refractivity contribution >= 4 is 11.9 Å². The molecule has 5 rings (SSSR count). The van der Waals surface area contributed by atoms with Gasteiger partial charge in [-0.1, -0.05) is 48.5 Å². The van der Waals surface area contributed by atoms with Gasteiger partial charge >= 0.3 is 11.9 Å². The third-order valence-electron chi connectivity index (χ3n) is 6.02. The molecule has 1 aromatic heterocycles. The zero-order chi connectivity index (χ0) is 25.1. The van der Waals surface area contributed by atoms with E-state index in [1.54, 1.807) is 54.7 Å². The Balaban J connectivity index is 1.64. The number of pyridine rings is 1. The molecule has 0 aliphatic rings. The number of hydrogen-bond acceptors (Lipinski definition) is 3. The summed E-state index contributed by atoms with van der Waals surface area (Å²) in [5.41, 5.74) is 7.91. The number of benzene rings is 4. The highest BCUT2D eigenvalue weighted by Gasteiger charge is 2.11. The van der Waals surface area contributed by atoms with Crippen LogP contribution in [0.2, 0.25) is 0 Å². The minimum absolute atomic E-state index is 0.224. The van der Waals surface area contributed by atoms with Crippen LogP contribution in [0.5, 0.6) is 0 Å². The summed E-state index contributed by atoms with van der Waals surface area (Å²) in [5.74, 6) is -1.94. The zero-order valence-electron chi connectivity index (χ0n) is 19.1. The van der Waals surface area contributed by atoms with Gasteiger partial charge in [0.2, 0.25) is 0 Å². The van der Waals surface area contributed by atoms with Crippen LogP contribution in [-0.2, 0) is 0 Å². The van der Waals surface area contributed by atoms with E-state index in [0.717, 1.165) is 44.6 Å². The molecular weight excluding hydrogens is 450 g/mol. The summed E-state index contributed by atoms with van der Waals surface area (Å²) in [5, 5.41) is 18.5. The molecular formula is C31H21NO4. The highest BCUT2D eigenvalue weighted by atomic mass is 16.4. The quantitative estimate of drug-likeness (QED) is 0.275. The first-order valence-electron chi connectivity index (χ1n) is 11.3. The summed E-state index contributed by atoms with van der Waals surface area (Å²) in [6.07, 6.45) is 1.77. The Kier molecular flexibility index (Phi) is 6.12. The molecule has 4 aromatic carbocycles. The fraction of sp³-hybridized carbons (Fsp3) is 0. The first-order valence-corrected chi connectivity index (χ1v) is 11.3. The van der Waals surface area contributed by atoms with E-state index >= 15 is 0 Å². The minimum Gasteiger partial charge on any atom is -0.478 e. The lowest BCUT2D eigenvalue weighted by Crippen LogP contribution is -1.95. The number of rotatable bonds is 6. The smallest absolute Gasteiger partial charge is 0.335 e. The topological polar surface area (TPSA) is 87.5 Å². The fourth-order valence-electron chi connectivity index (χ4n) is 4.13. The molecule has 0 bridgehead atoms. The number of hydrogen-bond donors (Lipinski definition) is 2. The predicted octanol–water partition coefficient (Wildman–Crippen LogP) is 7.15. The van der Waals surface area contributed by atoms with Crippen molar-refractivity contribution in [3.63, 3.8) is 0 Å². The normalized spacial score (nSPS) is 10.7. The van der Waals surface area contributed by atoms with Crippen molar-refractivity contribution in [2.45, 2.75) is 0 Å². The van der Waals surface area contributed by atoms with Gasteiger partial charge in [0.25, 0.3) is 0 Å². The summed E-state index contributed by atoms with van der Waals surface area (Å²) >= 11 is 0. The number of aromatic carboxylic acids is 2. The molecule has 36 heavy (non-hydrogen) atoms. The lowest BCUT2D eigenvalue weighted by molar-refractivity contribution is 0.0686. The average molecular weight is 472 g/mol. The number of carboxylic acid groups (broad SMARTS) is 2. The van der Waals surface area contributed by atoms with Crippen LogP contribution in [0.4, 0.5) is 0 Å². The van der Waals surface area contributed by atoms with Gasteiger partial charge < -0.3 is 10.2 Å². The molecule has 0 saturated heterocycles. The number of aromatic nitrogens is 1. The second-order valence-corrected chi connectivity index (χ2v) is 8.36. The van der Waals surface area contributed by atoms with Gasteiger partial charge in [-0.05, 0) is 94.0 Å². The Morgan fingerprint density at radius 2 is 0.944 bits per heavy atom. The van der Waals surface area contributed by atoms with Crippen molar-refractivity contribution < 1.29 is 19.8 Å². The third-order valence-corrected chi connectivity index (χ3v) is 6.02. The first kappa shape index (κ1) is 22.7. The van der Waals surface area contributed by atoms with Gasteiger partial charge in [0, 0.05) is 11.8 Å².